The van der Waals surface area contributed by atoms with Crippen molar-refractivity contribution >= 4 is 29.0 Å². The molecule has 2 aliphatic rings. The number of hydrogen-bond donors (Lipinski definition) is 1. The zero-order valence-corrected chi connectivity index (χ0v) is 15.0. The van der Waals surface area contributed by atoms with Crippen molar-refractivity contribution in [3.05, 3.63) is 71.3 Å². The molecule has 1 aliphatic heterocycles. The number of benzene rings is 2. The van der Waals surface area contributed by atoms with Crippen LogP contribution in [0.4, 0.5) is 4.79 Å². The fourth-order valence-electron chi connectivity index (χ4n) is 3.34. The first-order valence-corrected chi connectivity index (χ1v) is 9.57. The summed E-state index contributed by atoms with van der Waals surface area (Å²) in [5.74, 6) is 1.04. The summed E-state index contributed by atoms with van der Waals surface area (Å²) >= 11 is 1.06. The lowest BCUT2D eigenvalue weighted by Crippen LogP contribution is -2.25. The topological polar surface area (TPSA) is 55.4 Å². The van der Waals surface area contributed by atoms with Crippen LogP contribution in [0.1, 0.15) is 29.0 Å². The van der Waals surface area contributed by atoms with E-state index in [1.54, 1.807) is 0 Å². The van der Waals surface area contributed by atoms with Gasteiger partial charge in [-0.05, 0) is 41.7 Å². The summed E-state index contributed by atoms with van der Waals surface area (Å²) in [5, 5.41) is 1.72. The first-order chi connectivity index (χ1) is 12.7. The Morgan fingerprint density at radius 3 is 2.62 bits per heavy atom. The Hall–Kier alpha value is -2.53. The molecule has 26 heavy (non-hydrogen) atoms. The monoisotopic (exact) mass is 365 g/mol. The van der Waals surface area contributed by atoms with Crippen LogP contribution in [-0.2, 0) is 11.2 Å². The highest BCUT2D eigenvalue weighted by molar-refractivity contribution is 8.15. The second-order valence-electron chi connectivity index (χ2n) is 6.46. The average Bonchev–Trinajstić information content (AvgIpc) is 3.19. The maximum atomic E-state index is 11.6. The van der Waals surface area contributed by atoms with Gasteiger partial charge >= 0.3 is 0 Å². The molecular formula is C21H19NO3S. The highest BCUT2D eigenvalue weighted by Crippen LogP contribution is 2.32. The second kappa shape index (κ2) is 7.38. The van der Waals surface area contributed by atoms with Crippen LogP contribution in [0, 0.1) is 0 Å². The lowest BCUT2D eigenvalue weighted by Gasteiger charge is -2.12. The maximum absolute atomic E-state index is 11.6. The van der Waals surface area contributed by atoms with Crippen LogP contribution in [0.25, 0.3) is 6.08 Å². The molecule has 1 N–H and O–H groups in total. The number of hydrogen-bond acceptors (Lipinski definition) is 4. The van der Waals surface area contributed by atoms with E-state index in [2.05, 4.69) is 41.7 Å². The van der Waals surface area contributed by atoms with Crippen LogP contribution in [0.3, 0.4) is 0 Å². The van der Waals surface area contributed by atoms with E-state index in [9.17, 15) is 9.59 Å². The number of nitrogens with one attached hydrogen (secondary N) is 1. The summed E-state index contributed by atoms with van der Waals surface area (Å²) < 4.78 is 5.87. The molecule has 1 saturated heterocycles. The Labute approximate surface area is 156 Å². The minimum atomic E-state index is -0.330. The van der Waals surface area contributed by atoms with Gasteiger partial charge in [-0.1, -0.05) is 60.3 Å². The number of imide groups is 1. The fraction of sp³-hybridized carbons (Fsp3) is 0.238. The van der Waals surface area contributed by atoms with Gasteiger partial charge in [0.25, 0.3) is 5.24 Å². The van der Waals surface area contributed by atoms with Crippen molar-refractivity contribution in [2.75, 3.05) is 6.61 Å². The minimum absolute atomic E-state index is 0.203. The first-order valence-electron chi connectivity index (χ1n) is 8.69. The summed E-state index contributed by atoms with van der Waals surface area (Å²) in [7, 11) is 0. The van der Waals surface area contributed by atoms with E-state index in [1.165, 1.54) is 11.1 Å². The predicted molar refractivity (Wildman–Crippen MR) is 103 cm³/mol. The molecule has 2 aromatic rings. The molecule has 0 bridgehead atoms. The van der Waals surface area contributed by atoms with Crippen molar-refractivity contribution < 1.29 is 14.3 Å². The van der Waals surface area contributed by atoms with Gasteiger partial charge in [-0.2, -0.15) is 0 Å². The molecule has 4 nitrogen and oxygen atoms in total. The number of rotatable bonds is 6. The summed E-state index contributed by atoms with van der Waals surface area (Å²) in [4.78, 5) is 22.8. The van der Waals surface area contributed by atoms with Crippen molar-refractivity contribution in [3.63, 3.8) is 0 Å². The third-order valence-electron chi connectivity index (χ3n) is 4.71. The van der Waals surface area contributed by atoms with Crippen LogP contribution >= 0.6 is 11.8 Å². The van der Waals surface area contributed by atoms with Gasteiger partial charge in [0.1, 0.15) is 5.75 Å². The van der Waals surface area contributed by atoms with Crippen LogP contribution in [-0.4, -0.2) is 23.0 Å². The van der Waals surface area contributed by atoms with Crippen molar-refractivity contribution in [1.82, 2.24) is 5.32 Å². The normalized spacial score (nSPS) is 20.9. The number of carbonyl (C=O) groups is 2. The summed E-state index contributed by atoms with van der Waals surface area (Å²) in [5.41, 5.74) is 3.69. The standard InChI is InChI=1S/C21H19NO3S/c23-20-19(26-21(24)22-20)13-14-5-9-17(10-6-14)25-12-11-16-8-7-15-3-1-2-4-18(15)16/h1-10,16,19H,11-13H2,(H,22,23,24). The molecule has 0 spiro atoms. The molecule has 5 heteroatoms. The quantitative estimate of drug-likeness (QED) is 0.835. The number of amides is 2. The van der Waals surface area contributed by atoms with Gasteiger partial charge < -0.3 is 4.74 Å². The van der Waals surface area contributed by atoms with Gasteiger partial charge in [-0.15, -0.1) is 0 Å². The van der Waals surface area contributed by atoms with Crippen LogP contribution in [0.2, 0.25) is 0 Å². The minimum Gasteiger partial charge on any atom is -0.494 e. The molecule has 2 atom stereocenters. The average molecular weight is 365 g/mol. The maximum Gasteiger partial charge on any atom is 0.286 e. The molecule has 1 fully saturated rings. The summed E-state index contributed by atoms with van der Waals surface area (Å²) in [6.07, 6.45) is 5.90. The van der Waals surface area contributed by atoms with Gasteiger partial charge in [-0.25, -0.2) is 0 Å². The highest BCUT2D eigenvalue weighted by Gasteiger charge is 2.31. The fourth-order valence-corrected chi connectivity index (χ4v) is 4.20. The van der Waals surface area contributed by atoms with Gasteiger partial charge in [0.2, 0.25) is 5.91 Å². The summed E-state index contributed by atoms with van der Waals surface area (Å²) in [6.45, 7) is 0.651. The third-order valence-corrected chi connectivity index (χ3v) is 5.69. The molecular weight excluding hydrogens is 346 g/mol. The van der Waals surface area contributed by atoms with Gasteiger partial charge in [-0.3, -0.25) is 14.9 Å². The lowest BCUT2D eigenvalue weighted by atomic mass is 9.98. The predicted octanol–water partition coefficient (Wildman–Crippen LogP) is 4.16. The lowest BCUT2D eigenvalue weighted by molar-refractivity contribution is -0.118. The zero-order chi connectivity index (χ0) is 17.9. The SMILES string of the molecule is O=C1NC(=O)C(Cc2ccc(OCCC3C=Cc4ccccc43)cc2)S1. The van der Waals surface area contributed by atoms with Gasteiger partial charge in [0, 0.05) is 5.92 Å². The Morgan fingerprint density at radius 1 is 1.04 bits per heavy atom. The smallest absolute Gasteiger partial charge is 0.286 e. The second-order valence-corrected chi connectivity index (χ2v) is 7.64. The van der Waals surface area contributed by atoms with Crippen LogP contribution in [0.15, 0.2) is 54.6 Å². The molecule has 2 unspecified atom stereocenters. The molecule has 4 rings (SSSR count). The zero-order valence-electron chi connectivity index (χ0n) is 14.2. The van der Waals surface area contributed by atoms with E-state index < -0.39 is 0 Å². The third kappa shape index (κ3) is 3.68. The van der Waals surface area contributed by atoms with E-state index in [-0.39, 0.29) is 16.4 Å². The molecule has 2 amide bonds. The van der Waals surface area contributed by atoms with Crippen molar-refractivity contribution in [2.24, 2.45) is 0 Å². The summed E-state index contributed by atoms with van der Waals surface area (Å²) in [6, 6.07) is 16.2. The number of thioether (sulfide) groups is 1. The Morgan fingerprint density at radius 2 is 1.85 bits per heavy atom. The number of carbonyl (C=O) groups excluding carboxylic acids is 2. The van der Waals surface area contributed by atoms with E-state index in [0.717, 1.165) is 29.5 Å². The van der Waals surface area contributed by atoms with Gasteiger partial charge in [0.05, 0.1) is 11.9 Å². The number of fused-ring (bicyclic) bond motifs is 1. The largest absolute Gasteiger partial charge is 0.494 e. The first kappa shape index (κ1) is 16.9. The van der Waals surface area contributed by atoms with E-state index in [0.29, 0.717) is 18.9 Å². The number of allylic oxidation sites excluding steroid dienone is 1. The molecule has 0 saturated carbocycles. The molecule has 132 valence electrons. The van der Waals surface area contributed by atoms with Gasteiger partial charge in [0.15, 0.2) is 0 Å². The Kier molecular flexibility index (Phi) is 4.80. The molecule has 1 aliphatic carbocycles. The van der Waals surface area contributed by atoms with E-state index in [1.807, 2.05) is 24.3 Å². The molecule has 0 aromatic heterocycles. The van der Waals surface area contributed by atoms with Crippen molar-refractivity contribution in [1.29, 1.82) is 0 Å². The molecule has 0 radical (unpaired) electrons. The molecule has 2 aromatic carbocycles. The van der Waals surface area contributed by atoms with E-state index in [4.69, 9.17) is 4.74 Å². The highest BCUT2D eigenvalue weighted by atomic mass is 32.2. The van der Waals surface area contributed by atoms with Crippen molar-refractivity contribution in [3.8, 4) is 5.75 Å². The Balaban J connectivity index is 1.28. The number of ether oxygens (including phenoxy) is 1. The van der Waals surface area contributed by atoms with Crippen LogP contribution < -0.4 is 10.1 Å². The van der Waals surface area contributed by atoms with E-state index >= 15 is 0 Å². The van der Waals surface area contributed by atoms with Crippen molar-refractivity contribution in [2.45, 2.75) is 24.0 Å². The molecule has 1 heterocycles. The Bertz CT molecular complexity index is 860. The van der Waals surface area contributed by atoms with Crippen LogP contribution in [0.5, 0.6) is 5.75 Å².